The van der Waals surface area contributed by atoms with Crippen molar-refractivity contribution in [3.8, 4) is 0 Å². The fraction of sp³-hybridized carbons (Fsp3) is 0.767. The van der Waals surface area contributed by atoms with Crippen molar-refractivity contribution < 1.29 is 24.2 Å². The van der Waals surface area contributed by atoms with Crippen LogP contribution in [0, 0.1) is 17.3 Å². The second kappa shape index (κ2) is 12.0. The first kappa shape index (κ1) is 31.8. The van der Waals surface area contributed by atoms with Gasteiger partial charge in [0.1, 0.15) is 11.6 Å². The van der Waals surface area contributed by atoms with Gasteiger partial charge in [-0.15, -0.1) is 13.2 Å². The summed E-state index contributed by atoms with van der Waals surface area (Å²) in [6.45, 7) is 21.7. The van der Waals surface area contributed by atoms with Crippen LogP contribution in [0.2, 0.25) is 0 Å². The first-order chi connectivity index (χ1) is 18.2. The lowest BCUT2D eigenvalue weighted by Gasteiger charge is -2.45. The second-order valence-electron chi connectivity index (χ2n) is 13.1. The predicted octanol–water partition coefficient (Wildman–Crippen LogP) is 3.77. The summed E-state index contributed by atoms with van der Waals surface area (Å²) in [6.07, 6.45) is 5.24. The molecule has 3 heterocycles. The van der Waals surface area contributed by atoms with Gasteiger partial charge in [-0.05, 0) is 44.9 Å². The number of ether oxygens (including phenoxy) is 1. The molecule has 0 aliphatic carbocycles. The SMILES string of the molecule is C=CCN(CCC)C(=O)[C@H]1[C@@H]2OC3(CC2Br)C(C(=O)N(CC=C)C(C)(C)CC(C)(C)C)N(CCCO)C(=O)[C@H]13. The standard InChI is InChI=1S/C30H48BrN3O5/c1-9-13-32(14-10-2)25(36)21-22-26(37)33(16-12-17-35)24(30(22)18-20(31)23(21)39-30)27(38)34(15-11-3)29(7,8)19-28(4,5)6/h9,11,20-24,35H,1,3,10,12-19H2,2,4-8H3/t20?,21-,22+,23-,24?,30?/m1/s1. The third kappa shape index (κ3) is 5.87. The Labute approximate surface area is 242 Å². The smallest absolute Gasteiger partial charge is 0.249 e. The molecule has 3 aliphatic rings. The minimum atomic E-state index is -1.12. The summed E-state index contributed by atoms with van der Waals surface area (Å²) in [7, 11) is 0. The molecule has 3 unspecified atom stereocenters. The summed E-state index contributed by atoms with van der Waals surface area (Å²) in [5.74, 6) is -1.99. The molecule has 0 radical (unpaired) electrons. The Morgan fingerprint density at radius 1 is 1.18 bits per heavy atom. The average Bonchev–Trinajstić information content (AvgIpc) is 3.42. The van der Waals surface area contributed by atoms with Crippen molar-refractivity contribution in [3.63, 3.8) is 0 Å². The Hall–Kier alpha value is -1.71. The van der Waals surface area contributed by atoms with Gasteiger partial charge in [0, 0.05) is 43.2 Å². The zero-order valence-electron chi connectivity index (χ0n) is 24.6. The van der Waals surface area contributed by atoms with Crippen molar-refractivity contribution in [2.45, 2.75) is 95.3 Å². The van der Waals surface area contributed by atoms with Crippen LogP contribution in [0.5, 0.6) is 0 Å². The predicted molar refractivity (Wildman–Crippen MR) is 156 cm³/mol. The van der Waals surface area contributed by atoms with Gasteiger partial charge in [-0.1, -0.05) is 55.8 Å². The monoisotopic (exact) mass is 609 g/mol. The van der Waals surface area contributed by atoms with Gasteiger partial charge < -0.3 is 24.5 Å². The molecule has 6 atom stereocenters. The van der Waals surface area contributed by atoms with E-state index >= 15 is 0 Å². The number of aliphatic hydroxyl groups is 1. The molecule has 3 rings (SSSR count). The summed E-state index contributed by atoms with van der Waals surface area (Å²) in [6, 6.07) is -0.886. The van der Waals surface area contributed by atoms with E-state index in [1.165, 1.54) is 0 Å². The highest BCUT2D eigenvalue weighted by Crippen LogP contribution is 2.60. The molecular formula is C30H48BrN3O5. The van der Waals surface area contributed by atoms with Gasteiger partial charge in [-0.2, -0.15) is 0 Å². The van der Waals surface area contributed by atoms with E-state index in [4.69, 9.17) is 4.74 Å². The van der Waals surface area contributed by atoms with Crippen molar-refractivity contribution in [2.75, 3.05) is 32.8 Å². The van der Waals surface area contributed by atoms with Crippen molar-refractivity contribution in [1.82, 2.24) is 14.7 Å². The van der Waals surface area contributed by atoms with E-state index in [2.05, 4.69) is 49.9 Å². The van der Waals surface area contributed by atoms with Crippen LogP contribution in [0.4, 0.5) is 0 Å². The molecule has 2 bridgehead atoms. The second-order valence-corrected chi connectivity index (χ2v) is 14.3. The summed E-state index contributed by atoms with van der Waals surface area (Å²) < 4.78 is 6.67. The zero-order chi connectivity index (χ0) is 29.3. The summed E-state index contributed by atoms with van der Waals surface area (Å²) >= 11 is 3.75. The number of aliphatic hydroxyl groups excluding tert-OH is 1. The van der Waals surface area contributed by atoms with Crippen LogP contribution in [0.1, 0.15) is 67.2 Å². The number of hydrogen-bond acceptors (Lipinski definition) is 5. The maximum atomic E-state index is 14.7. The number of fused-ring (bicyclic) bond motifs is 1. The van der Waals surface area contributed by atoms with E-state index in [9.17, 15) is 19.5 Å². The number of nitrogens with zero attached hydrogens (tertiary/aromatic N) is 3. The molecule has 1 N–H and O–H groups in total. The molecule has 9 heteroatoms. The van der Waals surface area contributed by atoms with E-state index in [-0.39, 0.29) is 41.1 Å². The number of hydrogen-bond donors (Lipinski definition) is 1. The van der Waals surface area contributed by atoms with Crippen molar-refractivity contribution in [2.24, 2.45) is 17.3 Å². The van der Waals surface area contributed by atoms with Gasteiger partial charge in [0.2, 0.25) is 17.7 Å². The van der Waals surface area contributed by atoms with E-state index in [0.717, 1.165) is 12.8 Å². The quantitative estimate of drug-likeness (QED) is 0.253. The highest BCUT2D eigenvalue weighted by Gasteiger charge is 2.77. The van der Waals surface area contributed by atoms with Gasteiger partial charge >= 0.3 is 0 Å². The minimum absolute atomic E-state index is 0.0409. The van der Waals surface area contributed by atoms with Crippen LogP contribution >= 0.6 is 15.9 Å². The highest BCUT2D eigenvalue weighted by molar-refractivity contribution is 9.09. The number of halogens is 1. The van der Waals surface area contributed by atoms with Gasteiger partial charge in [0.15, 0.2) is 0 Å². The highest BCUT2D eigenvalue weighted by atomic mass is 79.9. The normalized spacial score (nSPS) is 29.9. The average molecular weight is 611 g/mol. The molecule has 0 saturated carbocycles. The molecular weight excluding hydrogens is 562 g/mol. The largest absolute Gasteiger partial charge is 0.396 e. The third-order valence-corrected chi connectivity index (χ3v) is 9.14. The van der Waals surface area contributed by atoms with E-state index < -0.39 is 35.1 Å². The number of amides is 3. The van der Waals surface area contributed by atoms with Crippen molar-refractivity contribution in [1.29, 1.82) is 0 Å². The summed E-state index contributed by atoms with van der Waals surface area (Å²) in [4.78, 5) is 47.8. The molecule has 0 aromatic rings. The van der Waals surface area contributed by atoms with Gasteiger partial charge in [0.25, 0.3) is 0 Å². The number of carbonyl (C=O) groups excluding carboxylic acids is 3. The molecule has 0 aromatic carbocycles. The first-order valence-electron chi connectivity index (χ1n) is 14.3. The van der Waals surface area contributed by atoms with Crippen LogP contribution in [-0.2, 0) is 19.1 Å². The summed E-state index contributed by atoms with van der Waals surface area (Å²) in [5.41, 5.74) is -1.68. The number of alkyl halides is 1. The van der Waals surface area contributed by atoms with Gasteiger partial charge in [0.05, 0.1) is 17.9 Å². The molecule has 3 amide bonds. The van der Waals surface area contributed by atoms with Crippen LogP contribution in [0.15, 0.2) is 25.3 Å². The molecule has 220 valence electrons. The van der Waals surface area contributed by atoms with E-state index in [0.29, 0.717) is 32.5 Å². The minimum Gasteiger partial charge on any atom is -0.396 e. The number of carbonyl (C=O) groups is 3. The fourth-order valence-electron chi connectivity index (χ4n) is 7.41. The van der Waals surface area contributed by atoms with Crippen molar-refractivity contribution in [3.05, 3.63) is 25.3 Å². The third-order valence-electron chi connectivity index (χ3n) is 8.29. The van der Waals surface area contributed by atoms with Crippen LogP contribution in [-0.4, -0.2) is 98.4 Å². The van der Waals surface area contributed by atoms with Crippen LogP contribution in [0.25, 0.3) is 0 Å². The molecule has 1 spiro atoms. The topological polar surface area (TPSA) is 90.4 Å². The Bertz CT molecular complexity index is 963. The Balaban J connectivity index is 2.10. The maximum Gasteiger partial charge on any atom is 0.249 e. The van der Waals surface area contributed by atoms with E-state index in [1.54, 1.807) is 22.0 Å². The Morgan fingerprint density at radius 2 is 1.82 bits per heavy atom. The lowest BCUT2D eigenvalue weighted by atomic mass is 9.70. The Morgan fingerprint density at radius 3 is 2.36 bits per heavy atom. The molecule has 3 saturated heterocycles. The van der Waals surface area contributed by atoms with Gasteiger partial charge in [-0.25, -0.2) is 0 Å². The number of likely N-dealkylation sites (tertiary alicyclic amines) is 1. The Kier molecular flexibility index (Phi) is 9.81. The van der Waals surface area contributed by atoms with Crippen LogP contribution in [0.3, 0.4) is 0 Å². The molecule has 0 aromatic heterocycles. The van der Waals surface area contributed by atoms with Gasteiger partial charge in [-0.3, -0.25) is 14.4 Å². The number of rotatable bonds is 13. The first-order valence-corrected chi connectivity index (χ1v) is 15.2. The molecule has 3 fully saturated rings. The maximum absolute atomic E-state index is 14.7. The lowest BCUT2D eigenvalue weighted by Crippen LogP contribution is -2.61. The summed E-state index contributed by atoms with van der Waals surface area (Å²) in [5, 5.41) is 9.64. The van der Waals surface area contributed by atoms with Crippen LogP contribution < -0.4 is 0 Å². The molecule has 8 nitrogen and oxygen atoms in total. The fourth-order valence-corrected chi connectivity index (χ4v) is 8.35. The lowest BCUT2D eigenvalue weighted by molar-refractivity contribution is -0.153. The molecule has 39 heavy (non-hydrogen) atoms. The van der Waals surface area contributed by atoms with E-state index in [1.807, 2.05) is 25.7 Å². The molecule has 3 aliphatic heterocycles. The van der Waals surface area contributed by atoms with Crippen molar-refractivity contribution >= 4 is 33.7 Å². The zero-order valence-corrected chi connectivity index (χ0v) is 26.2.